The summed E-state index contributed by atoms with van der Waals surface area (Å²) in [7, 11) is 0. The van der Waals surface area contributed by atoms with Crippen LogP contribution >= 0.6 is 15.9 Å². The van der Waals surface area contributed by atoms with Crippen molar-refractivity contribution < 1.29 is 4.79 Å². The molecule has 1 heterocycles. The van der Waals surface area contributed by atoms with Gasteiger partial charge in [-0.2, -0.15) is 5.26 Å². The maximum atomic E-state index is 11.4. The van der Waals surface area contributed by atoms with E-state index in [1.807, 2.05) is 0 Å². The fourth-order valence-electron chi connectivity index (χ4n) is 1.42. The van der Waals surface area contributed by atoms with Gasteiger partial charge in [-0.15, -0.1) is 0 Å². The number of carbonyl (C=O) groups excluding carboxylic acids is 1. The highest BCUT2D eigenvalue weighted by Crippen LogP contribution is 2.17. The molecule has 0 aliphatic carbocycles. The summed E-state index contributed by atoms with van der Waals surface area (Å²) in [6, 6.07) is 1.97. The van der Waals surface area contributed by atoms with Crippen molar-refractivity contribution in [3.8, 4) is 6.07 Å². The molecule has 0 bridgehead atoms. The zero-order valence-electron chi connectivity index (χ0n) is 6.79. The summed E-state index contributed by atoms with van der Waals surface area (Å²) in [5.74, 6) is 0.0934. The Bertz CT molecular complexity index is 212. The first kappa shape index (κ1) is 9.53. The molecule has 0 saturated carbocycles. The minimum absolute atomic E-state index is 0.0934. The molecule has 1 saturated heterocycles. The normalized spacial score (nSPS) is 22.3. The minimum Gasteiger partial charge on any atom is -0.327 e. The second-order valence-corrected chi connectivity index (χ2v) is 3.61. The van der Waals surface area contributed by atoms with E-state index in [1.165, 1.54) is 0 Å². The number of amides is 1. The molecular formula is C8H11BrN2O. The maximum Gasteiger partial charge on any atom is 0.224 e. The Balaban J connectivity index is 2.51. The zero-order chi connectivity index (χ0) is 8.97. The Morgan fingerprint density at radius 3 is 3.08 bits per heavy atom. The van der Waals surface area contributed by atoms with Crippen molar-refractivity contribution in [3.63, 3.8) is 0 Å². The monoisotopic (exact) mass is 230 g/mol. The molecular weight excluding hydrogens is 220 g/mol. The minimum atomic E-state index is -0.170. The van der Waals surface area contributed by atoms with Crippen LogP contribution in [-0.2, 0) is 4.79 Å². The van der Waals surface area contributed by atoms with E-state index in [0.717, 1.165) is 19.4 Å². The standard InChI is InChI=1S/C8H11BrN2O/c9-4-3-8(12)11-5-1-2-7(11)6-10/h7H,1-5H2/t7-/m0/s1. The molecule has 1 fully saturated rings. The lowest BCUT2D eigenvalue weighted by atomic mass is 10.2. The van der Waals surface area contributed by atoms with Crippen LogP contribution in [0.4, 0.5) is 0 Å². The van der Waals surface area contributed by atoms with Gasteiger partial charge in [-0.25, -0.2) is 0 Å². The zero-order valence-corrected chi connectivity index (χ0v) is 8.38. The average molecular weight is 231 g/mol. The van der Waals surface area contributed by atoms with Gasteiger partial charge in [-0.1, -0.05) is 15.9 Å². The van der Waals surface area contributed by atoms with E-state index < -0.39 is 0 Å². The SMILES string of the molecule is N#C[C@@H]1CCCN1C(=O)CCBr. The summed E-state index contributed by atoms with van der Waals surface area (Å²) in [6.07, 6.45) is 2.30. The van der Waals surface area contributed by atoms with Gasteiger partial charge in [-0.05, 0) is 12.8 Å². The van der Waals surface area contributed by atoms with Crippen molar-refractivity contribution in [1.29, 1.82) is 5.26 Å². The van der Waals surface area contributed by atoms with Crippen molar-refractivity contribution in [3.05, 3.63) is 0 Å². The largest absolute Gasteiger partial charge is 0.327 e. The van der Waals surface area contributed by atoms with Crippen molar-refractivity contribution in [2.45, 2.75) is 25.3 Å². The highest BCUT2D eigenvalue weighted by molar-refractivity contribution is 9.09. The van der Waals surface area contributed by atoms with E-state index in [-0.39, 0.29) is 11.9 Å². The summed E-state index contributed by atoms with van der Waals surface area (Å²) >= 11 is 3.21. The second-order valence-electron chi connectivity index (χ2n) is 2.81. The smallest absolute Gasteiger partial charge is 0.224 e. The molecule has 1 aliphatic heterocycles. The van der Waals surface area contributed by atoms with Crippen molar-refractivity contribution in [2.24, 2.45) is 0 Å². The van der Waals surface area contributed by atoms with Gasteiger partial charge in [-0.3, -0.25) is 4.79 Å². The van der Waals surface area contributed by atoms with Gasteiger partial charge in [0.15, 0.2) is 0 Å². The van der Waals surface area contributed by atoms with Gasteiger partial charge in [0.25, 0.3) is 0 Å². The number of alkyl halides is 1. The number of nitriles is 1. The Morgan fingerprint density at radius 1 is 1.75 bits per heavy atom. The number of hydrogen-bond acceptors (Lipinski definition) is 2. The third kappa shape index (κ3) is 1.98. The molecule has 12 heavy (non-hydrogen) atoms. The third-order valence-electron chi connectivity index (χ3n) is 2.03. The number of rotatable bonds is 2. The molecule has 0 N–H and O–H groups in total. The van der Waals surface area contributed by atoms with Gasteiger partial charge in [0.2, 0.25) is 5.91 Å². The van der Waals surface area contributed by atoms with E-state index in [2.05, 4.69) is 22.0 Å². The van der Waals surface area contributed by atoms with E-state index in [0.29, 0.717) is 11.8 Å². The van der Waals surface area contributed by atoms with Crippen LogP contribution in [0.2, 0.25) is 0 Å². The number of likely N-dealkylation sites (tertiary alicyclic amines) is 1. The Kier molecular flexibility index (Phi) is 3.54. The highest BCUT2D eigenvalue weighted by Gasteiger charge is 2.27. The van der Waals surface area contributed by atoms with E-state index >= 15 is 0 Å². The van der Waals surface area contributed by atoms with Crippen molar-refractivity contribution in [1.82, 2.24) is 4.90 Å². The molecule has 0 unspecified atom stereocenters. The molecule has 0 spiro atoms. The van der Waals surface area contributed by atoms with E-state index in [1.54, 1.807) is 4.90 Å². The van der Waals surface area contributed by atoms with Crippen LogP contribution in [0.5, 0.6) is 0 Å². The van der Waals surface area contributed by atoms with Crippen LogP contribution in [0, 0.1) is 11.3 Å². The maximum absolute atomic E-state index is 11.4. The van der Waals surface area contributed by atoms with Gasteiger partial charge >= 0.3 is 0 Å². The van der Waals surface area contributed by atoms with E-state index in [9.17, 15) is 4.79 Å². The Labute approximate surface area is 80.5 Å². The van der Waals surface area contributed by atoms with Gasteiger partial charge in [0.1, 0.15) is 6.04 Å². The molecule has 1 rings (SSSR count). The highest BCUT2D eigenvalue weighted by atomic mass is 79.9. The Hall–Kier alpha value is -0.560. The first-order chi connectivity index (χ1) is 5.79. The molecule has 1 amide bonds. The summed E-state index contributed by atoms with van der Waals surface area (Å²) in [4.78, 5) is 13.0. The lowest BCUT2D eigenvalue weighted by molar-refractivity contribution is -0.130. The third-order valence-corrected chi connectivity index (χ3v) is 2.43. The lowest BCUT2D eigenvalue weighted by Crippen LogP contribution is -2.34. The van der Waals surface area contributed by atoms with Crippen LogP contribution < -0.4 is 0 Å². The number of hydrogen-bond donors (Lipinski definition) is 0. The average Bonchev–Trinajstić information content (AvgIpc) is 2.51. The van der Waals surface area contributed by atoms with Crippen LogP contribution in [0.25, 0.3) is 0 Å². The fraction of sp³-hybridized carbons (Fsp3) is 0.750. The summed E-state index contributed by atoms with van der Waals surface area (Å²) < 4.78 is 0. The molecule has 66 valence electrons. The fourth-order valence-corrected chi connectivity index (χ4v) is 1.76. The topological polar surface area (TPSA) is 44.1 Å². The molecule has 0 aromatic carbocycles. The van der Waals surface area contributed by atoms with E-state index in [4.69, 9.17) is 5.26 Å². The van der Waals surface area contributed by atoms with Gasteiger partial charge in [0.05, 0.1) is 6.07 Å². The quantitative estimate of drug-likeness (QED) is 0.672. The first-order valence-corrected chi connectivity index (χ1v) is 5.16. The molecule has 3 nitrogen and oxygen atoms in total. The molecule has 1 atom stereocenters. The summed E-state index contributed by atoms with van der Waals surface area (Å²) in [5.41, 5.74) is 0. The van der Waals surface area contributed by atoms with Crippen LogP contribution in [0.3, 0.4) is 0 Å². The molecule has 0 aromatic heterocycles. The molecule has 4 heteroatoms. The Morgan fingerprint density at radius 2 is 2.50 bits per heavy atom. The van der Waals surface area contributed by atoms with Crippen LogP contribution in [0.1, 0.15) is 19.3 Å². The summed E-state index contributed by atoms with van der Waals surface area (Å²) in [5, 5.41) is 9.38. The predicted octanol–water partition coefficient (Wildman–Crippen LogP) is 1.29. The first-order valence-electron chi connectivity index (χ1n) is 4.04. The van der Waals surface area contributed by atoms with Crippen molar-refractivity contribution >= 4 is 21.8 Å². The summed E-state index contributed by atoms with van der Waals surface area (Å²) in [6.45, 7) is 0.754. The number of halogens is 1. The molecule has 0 aromatic rings. The van der Waals surface area contributed by atoms with Crippen LogP contribution in [0.15, 0.2) is 0 Å². The second kappa shape index (κ2) is 4.46. The van der Waals surface area contributed by atoms with Crippen molar-refractivity contribution in [2.75, 3.05) is 11.9 Å². The lowest BCUT2D eigenvalue weighted by Gasteiger charge is -2.18. The predicted molar refractivity (Wildman–Crippen MR) is 48.8 cm³/mol. The number of nitrogens with zero attached hydrogens (tertiary/aromatic N) is 2. The van der Waals surface area contributed by atoms with Gasteiger partial charge < -0.3 is 4.90 Å². The molecule has 1 aliphatic rings. The molecule has 0 radical (unpaired) electrons. The van der Waals surface area contributed by atoms with Crippen LogP contribution in [-0.4, -0.2) is 28.7 Å². The van der Waals surface area contributed by atoms with Gasteiger partial charge in [0, 0.05) is 18.3 Å². The number of carbonyl (C=O) groups is 1.